The number of anilines is 1. The Hall–Kier alpha value is -3.35. The van der Waals surface area contributed by atoms with Gasteiger partial charge >= 0.3 is 0 Å². The number of likely N-dealkylation sites (tertiary alicyclic amines) is 1. The Morgan fingerprint density at radius 2 is 2.14 bits per heavy atom. The van der Waals surface area contributed by atoms with Crippen LogP contribution in [0.3, 0.4) is 0 Å². The molecule has 0 aliphatic carbocycles. The van der Waals surface area contributed by atoms with Crippen molar-refractivity contribution in [2.24, 2.45) is 0 Å². The summed E-state index contributed by atoms with van der Waals surface area (Å²) < 4.78 is 35.7. The fourth-order valence-electron chi connectivity index (χ4n) is 3.65. The van der Waals surface area contributed by atoms with Crippen LogP contribution in [-0.2, 0) is 16.0 Å². The van der Waals surface area contributed by atoms with Crippen LogP contribution >= 0.6 is 0 Å². The molecule has 2 aromatic rings. The van der Waals surface area contributed by atoms with E-state index in [1.54, 1.807) is 6.92 Å². The summed E-state index contributed by atoms with van der Waals surface area (Å²) in [6, 6.07) is 7.89. The van der Waals surface area contributed by atoms with Gasteiger partial charge in [0.25, 0.3) is 5.91 Å². The van der Waals surface area contributed by atoms with Gasteiger partial charge in [-0.1, -0.05) is 11.2 Å². The number of hydrogen-bond acceptors (Lipinski definition) is 6. The molecular weight excluding hydrogens is 372 g/mol. The van der Waals surface area contributed by atoms with Gasteiger partial charge in [-0.05, 0) is 18.2 Å². The van der Waals surface area contributed by atoms with E-state index in [0.717, 1.165) is 9.80 Å². The van der Waals surface area contributed by atoms with Gasteiger partial charge in [0.2, 0.25) is 17.5 Å². The number of amides is 2. The first kappa shape index (κ1) is 18.0. The van der Waals surface area contributed by atoms with E-state index < -0.39 is 42.8 Å². The van der Waals surface area contributed by atoms with Crippen LogP contribution in [-0.4, -0.2) is 57.8 Å². The van der Waals surface area contributed by atoms with Crippen LogP contribution in [0.2, 0.25) is 0 Å². The average molecular weight is 387 g/mol. The Morgan fingerprint density at radius 3 is 2.79 bits per heavy atom. The van der Waals surface area contributed by atoms with E-state index >= 15 is 8.78 Å². The normalized spacial score (nSPS) is 26.4. The van der Waals surface area contributed by atoms with Crippen molar-refractivity contribution in [3.05, 3.63) is 41.5 Å². The zero-order valence-corrected chi connectivity index (χ0v) is 14.9. The number of fused-ring (bicyclic) bond motifs is 1. The predicted octanol–water partition coefficient (Wildman–Crippen LogP) is 1.10. The molecule has 2 fully saturated rings. The van der Waals surface area contributed by atoms with Crippen LogP contribution in [0.15, 0.2) is 28.8 Å². The minimum absolute atomic E-state index is 0.113. The highest BCUT2D eigenvalue weighted by atomic mass is 19.2. The Labute approximate surface area is 158 Å². The number of nitriles is 1. The minimum atomic E-state index is -2.85. The molecule has 1 aromatic carbocycles. The number of aryl methyl sites for hydroxylation is 1. The van der Waals surface area contributed by atoms with Crippen LogP contribution in [0.5, 0.6) is 0 Å². The second kappa shape index (κ2) is 6.09. The molecule has 144 valence electrons. The Balaban J connectivity index is 1.55. The lowest BCUT2D eigenvalue weighted by molar-refractivity contribution is -0.132. The highest BCUT2D eigenvalue weighted by Gasteiger charge is 2.72. The van der Waals surface area contributed by atoms with Crippen LogP contribution < -0.4 is 4.90 Å². The lowest BCUT2D eigenvalue weighted by atomic mass is 9.93. The molecule has 1 aromatic heterocycles. The van der Waals surface area contributed by atoms with Crippen molar-refractivity contribution in [3.63, 3.8) is 0 Å². The minimum Gasteiger partial charge on any atom is -0.340 e. The fraction of sp³-hybridized carbons (Fsp3) is 0.389. The third-order valence-corrected chi connectivity index (χ3v) is 5.07. The van der Waals surface area contributed by atoms with Gasteiger partial charge in [0.15, 0.2) is 11.5 Å². The molecule has 2 amide bonds. The zero-order valence-electron chi connectivity index (χ0n) is 14.9. The maximum absolute atomic E-state index is 15.5. The number of carbonyl (C=O) groups excluding carboxylic acids is 2. The highest BCUT2D eigenvalue weighted by molar-refractivity contribution is 6.05. The van der Waals surface area contributed by atoms with Crippen molar-refractivity contribution < 1.29 is 22.9 Å². The van der Waals surface area contributed by atoms with Crippen molar-refractivity contribution in [3.8, 4) is 6.07 Å². The number of alkyl halides is 2. The topological polar surface area (TPSA) is 103 Å². The van der Waals surface area contributed by atoms with Gasteiger partial charge in [0.1, 0.15) is 0 Å². The van der Waals surface area contributed by atoms with Gasteiger partial charge in [0.05, 0.1) is 37.7 Å². The molecule has 4 rings (SSSR count). The van der Waals surface area contributed by atoms with Crippen LogP contribution in [0, 0.1) is 18.3 Å². The SMILES string of the molecule is Cc1nc(CC(=O)N2C[C@@]3(F)CN(c4cccc(C#N)c4)C(=O)[C@@]3(F)C2)no1. The fourth-order valence-corrected chi connectivity index (χ4v) is 3.65. The zero-order chi connectivity index (χ0) is 20.1. The molecule has 28 heavy (non-hydrogen) atoms. The molecule has 3 heterocycles. The molecule has 2 saturated heterocycles. The van der Waals surface area contributed by atoms with Crippen molar-refractivity contribution in [2.75, 3.05) is 24.5 Å². The van der Waals surface area contributed by atoms with Gasteiger partial charge in [0, 0.05) is 12.6 Å². The van der Waals surface area contributed by atoms with Gasteiger partial charge in [-0.25, -0.2) is 8.78 Å². The number of rotatable bonds is 3. The second-order valence-electron chi connectivity index (χ2n) is 6.98. The maximum atomic E-state index is 15.5. The summed E-state index contributed by atoms with van der Waals surface area (Å²) in [5.41, 5.74) is -4.88. The monoisotopic (exact) mass is 387 g/mol. The quantitative estimate of drug-likeness (QED) is 0.781. The van der Waals surface area contributed by atoms with Gasteiger partial charge in [-0.3, -0.25) is 9.59 Å². The summed E-state index contributed by atoms with van der Waals surface area (Å²) in [5.74, 6) is -1.26. The molecule has 8 nitrogen and oxygen atoms in total. The summed E-state index contributed by atoms with van der Waals surface area (Å²) in [5, 5.41) is 12.6. The van der Waals surface area contributed by atoms with E-state index in [0.29, 0.717) is 0 Å². The predicted molar refractivity (Wildman–Crippen MR) is 90.5 cm³/mol. The van der Waals surface area contributed by atoms with E-state index in [9.17, 15) is 9.59 Å². The number of halogens is 2. The first-order chi connectivity index (χ1) is 13.3. The van der Waals surface area contributed by atoms with Crippen LogP contribution in [0.25, 0.3) is 0 Å². The lowest BCUT2D eigenvalue weighted by Gasteiger charge is -2.22. The molecule has 0 saturated carbocycles. The van der Waals surface area contributed by atoms with E-state index in [2.05, 4.69) is 10.1 Å². The third kappa shape index (κ3) is 2.62. The molecule has 0 N–H and O–H groups in total. The van der Waals surface area contributed by atoms with E-state index in [1.807, 2.05) is 6.07 Å². The van der Waals surface area contributed by atoms with Crippen molar-refractivity contribution in [1.82, 2.24) is 15.0 Å². The molecule has 0 unspecified atom stereocenters. The number of hydrogen-bond donors (Lipinski definition) is 0. The van der Waals surface area contributed by atoms with Gasteiger partial charge < -0.3 is 14.3 Å². The van der Waals surface area contributed by atoms with E-state index in [1.165, 1.54) is 24.3 Å². The van der Waals surface area contributed by atoms with Gasteiger partial charge in [-0.15, -0.1) is 0 Å². The highest BCUT2D eigenvalue weighted by Crippen LogP contribution is 2.47. The first-order valence-electron chi connectivity index (χ1n) is 8.53. The molecule has 0 radical (unpaired) electrons. The lowest BCUT2D eigenvalue weighted by Crippen LogP contribution is -2.47. The molecule has 2 aliphatic heterocycles. The van der Waals surface area contributed by atoms with E-state index in [4.69, 9.17) is 9.78 Å². The Kier molecular flexibility index (Phi) is 3.92. The first-order valence-corrected chi connectivity index (χ1v) is 8.53. The second-order valence-corrected chi connectivity index (χ2v) is 6.98. The van der Waals surface area contributed by atoms with Crippen molar-refractivity contribution >= 4 is 17.5 Å². The molecular formula is C18H15F2N5O3. The summed E-state index contributed by atoms with van der Waals surface area (Å²) in [6.07, 6.45) is -0.272. The van der Waals surface area contributed by atoms with Gasteiger partial charge in [-0.2, -0.15) is 10.2 Å². The van der Waals surface area contributed by atoms with E-state index in [-0.39, 0.29) is 29.4 Å². The Morgan fingerprint density at radius 1 is 1.36 bits per heavy atom. The number of benzene rings is 1. The summed E-state index contributed by atoms with van der Waals surface area (Å²) in [4.78, 5) is 31.0. The van der Waals surface area contributed by atoms with Crippen LogP contribution in [0.4, 0.5) is 14.5 Å². The summed E-state index contributed by atoms with van der Waals surface area (Å²) in [6.45, 7) is -0.225. The number of nitrogens with zero attached hydrogens (tertiary/aromatic N) is 5. The molecule has 2 aliphatic rings. The summed E-state index contributed by atoms with van der Waals surface area (Å²) >= 11 is 0. The molecule has 0 bridgehead atoms. The number of carbonyl (C=O) groups is 2. The molecule has 2 atom stereocenters. The third-order valence-electron chi connectivity index (χ3n) is 5.07. The molecule has 10 heteroatoms. The summed E-state index contributed by atoms with van der Waals surface area (Å²) in [7, 11) is 0. The largest absolute Gasteiger partial charge is 0.340 e. The van der Waals surface area contributed by atoms with Crippen molar-refractivity contribution in [2.45, 2.75) is 24.7 Å². The van der Waals surface area contributed by atoms with Crippen LogP contribution in [0.1, 0.15) is 17.3 Å². The maximum Gasteiger partial charge on any atom is 0.270 e. The molecule has 0 spiro atoms. The smallest absolute Gasteiger partial charge is 0.270 e. The standard InChI is InChI=1S/C18H15F2N5O3/c1-11-22-14(23-28-11)6-15(26)24-8-17(19)9-25(16(27)18(17,20)10-24)13-4-2-3-12(5-13)7-21/h2-5H,6,8-10H2,1H3/t17-,18+/m1/s1. The average Bonchev–Trinajstić information content (AvgIpc) is 3.25. The number of aromatic nitrogens is 2. The van der Waals surface area contributed by atoms with Crippen molar-refractivity contribution in [1.29, 1.82) is 5.26 Å². The Bertz CT molecular complexity index is 1020.